The van der Waals surface area contributed by atoms with Crippen LogP contribution in [0.15, 0.2) is 31.2 Å². The fourth-order valence-corrected chi connectivity index (χ4v) is 3.91. The molecular formula is C21H23FN6O2. The van der Waals surface area contributed by atoms with Crippen molar-refractivity contribution in [2.24, 2.45) is 0 Å². The summed E-state index contributed by atoms with van der Waals surface area (Å²) >= 11 is 0. The lowest BCUT2D eigenvalue weighted by atomic mass is 10.1. The second-order valence-corrected chi connectivity index (χ2v) is 7.71. The molecule has 2 atom stereocenters. The molecule has 2 bridgehead atoms. The van der Waals surface area contributed by atoms with Crippen molar-refractivity contribution in [2.45, 2.75) is 38.9 Å². The predicted molar refractivity (Wildman–Crippen MR) is 110 cm³/mol. The SMILES string of the molecule is C=C1N[C@H](C)COc2ncc(F)cc2CN2c3nc4c1cnn4cc3OC[C@H]2CC. The quantitative estimate of drug-likeness (QED) is 0.661. The number of hydrogen-bond donors (Lipinski definition) is 1. The van der Waals surface area contributed by atoms with Gasteiger partial charge in [-0.1, -0.05) is 13.5 Å². The Morgan fingerprint density at radius 3 is 3.00 bits per heavy atom. The predicted octanol–water partition coefficient (Wildman–Crippen LogP) is 2.78. The third-order valence-electron chi connectivity index (χ3n) is 5.50. The van der Waals surface area contributed by atoms with Crippen molar-refractivity contribution >= 4 is 17.2 Å². The molecule has 0 unspecified atom stereocenters. The summed E-state index contributed by atoms with van der Waals surface area (Å²) in [7, 11) is 0. The van der Waals surface area contributed by atoms with Gasteiger partial charge >= 0.3 is 0 Å². The Morgan fingerprint density at radius 1 is 1.30 bits per heavy atom. The van der Waals surface area contributed by atoms with Gasteiger partial charge in [-0.3, -0.25) is 0 Å². The van der Waals surface area contributed by atoms with Gasteiger partial charge in [0.15, 0.2) is 17.2 Å². The molecule has 8 nitrogen and oxygen atoms in total. The van der Waals surface area contributed by atoms with E-state index in [4.69, 9.17) is 14.5 Å². The van der Waals surface area contributed by atoms with Crippen LogP contribution < -0.4 is 19.7 Å². The van der Waals surface area contributed by atoms with Gasteiger partial charge in [0, 0.05) is 11.3 Å². The number of nitrogens with one attached hydrogen (secondary N) is 1. The maximum Gasteiger partial charge on any atom is 0.218 e. The van der Waals surface area contributed by atoms with Crippen molar-refractivity contribution < 1.29 is 13.9 Å². The highest BCUT2D eigenvalue weighted by molar-refractivity contribution is 5.75. The van der Waals surface area contributed by atoms with Crippen molar-refractivity contribution in [3.8, 4) is 11.6 Å². The first kappa shape index (κ1) is 18.7. The van der Waals surface area contributed by atoms with Crippen LogP contribution in [0.25, 0.3) is 11.3 Å². The summed E-state index contributed by atoms with van der Waals surface area (Å²) in [6.07, 6.45) is 5.60. The first-order valence-electron chi connectivity index (χ1n) is 10.0. The number of halogens is 1. The standard InChI is InChI=1S/C21H23FN6O2/c1-4-16-11-29-18-9-28-19-17(7-24-28)13(3)25-12(2)10-30-21-14(5-15(22)6-23-21)8-27(16)20(18)26-19/h5-7,9,12,16,25H,3-4,8,10-11H2,1-2H3/t12-,16-/m1/s1. The normalized spacial score (nSPS) is 21.0. The van der Waals surface area contributed by atoms with Crippen LogP contribution in [0.5, 0.6) is 11.6 Å². The fraction of sp³-hybridized carbons (Fsp3) is 0.381. The average Bonchev–Trinajstić information content (AvgIpc) is 3.14. The van der Waals surface area contributed by atoms with Crippen LogP contribution in [-0.2, 0) is 6.54 Å². The lowest BCUT2D eigenvalue weighted by Crippen LogP contribution is -2.43. The van der Waals surface area contributed by atoms with E-state index in [1.807, 2.05) is 13.1 Å². The first-order valence-corrected chi connectivity index (χ1v) is 10.0. The molecule has 0 spiro atoms. The molecule has 0 saturated carbocycles. The molecule has 30 heavy (non-hydrogen) atoms. The van der Waals surface area contributed by atoms with Gasteiger partial charge in [-0.25, -0.2) is 18.9 Å². The Hall–Kier alpha value is -3.36. The molecule has 0 radical (unpaired) electrons. The second-order valence-electron chi connectivity index (χ2n) is 7.71. The largest absolute Gasteiger partial charge is 0.486 e. The highest BCUT2D eigenvalue weighted by Gasteiger charge is 2.31. The molecule has 3 aromatic rings. The monoisotopic (exact) mass is 410 g/mol. The third kappa shape index (κ3) is 3.10. The first-order chi connectivity index (χ1) is 14.5. The van der Waals surface area contributed by atoms with Crippen LogP contribution in [0.3, 0.4) is 0 Å². The number of pyridine rings is 1. The molecule has 5 heterocycles. The topological polar surface area (TPSA) is 76.8 Å². The molecule has 2 aliphatic rings. The highest BCUT2D eigenvalue weighted by Crippen LogP contribution is 2.36. The molecule has 0 amide bonds. The summed E-state index contributed by atoms with van der Waals surface area (Å²) in [5.41, 5.74) is 2.86. The minimum absolute atomic E-state index is 0.0508. The zero-order valence-electron chi connectivity index (χ0n) is 16.9. The summed E-state index contributed by atoms with van der Waals surface area (Å²) < 4.78 is 27.7. The average molecular weight is 410 g/mol. The van der Waals surface area contributed by atoms with Gasteiger partial charge in [-0.2, -0.15) is 5.10 Å². The Bertz CT molecular complexity index is 1130. The Labute approximate surface area is 173 Å². The van der Waals surface area contributed by atoms with Gasteiger partial charge in [0.1, 0.15) is 19.0 Å². The van der Waals surface area contributed by atoms with E-state index in [1.165, 1.54) is 12.3 Å². The number of rotatable bonds is 1. The van der Waals surface area contributed by atoms with Crippen molar-refractivity contribution in [3.63, 3.8) is 0 Å². The number of fused-ring (bicyclic) bond motifs is 1. The minimum atomic E-state index is -0.399. The van der Waals surface area contributed by atoms with Crippen LogP contribution in [0.1, 0.15) is 31.4 Å². The van der Waals surface area contributed by atoms with Gasteiger partial charge in [0.25, 0.3) is 0 Å². The number of ether oxygens (including phenoxy) is 2. The zero-order valence-corrected chi connectivity index (χ0v) is 16.9. The van der Waals surface area contributed by atoms with E-state index in [9.17, 15) is 4.39 Å². The van der Waals surface area contributed by atoms with Crippen molar-refractivity contribution in [2.75, 3.05) is 18.1 Å². The molecule has 0 aromatic carbocycles. The summed E-state index contributed by atoms with van der Waals surface area (Å²) in [6, 6.07) is 1.51. The Balaban J connectivity index is 1.70. The molecule has 0 fully saturated rings. The van der Waals surface area contributed by atoms with Crippen LogP contribution in [0.4, 0.5) is 10.2 Å². The van der Waals surface area contributed by atoms with E-state index < -0.39 is 5.82 Å². The fourth-order valence-electron chi connectivity index (χ4n) is 3.91. The lowest BCUT2D eigenvalue weighted by molar-refractivity contribution is 0.250. The van der Waals surface area contributed by atoms with Gasteiger partial charge < -0.3 is 19.7 Å². The van der Waals surface area contributed by atoms with E-state index in [1.54, 1.807) is 10.7 Å². The number of nitrogens with zero attached hydrogens (tertiary/aromatic N) is 5. The van der Waals surface area contributed by atoms with E-state index in [0.717, 1.165) is 12.0 Å². The molecule has 3 aromatic heterocycles. The van der Waals surface area contributed by atoms with Crippen LogP contribution in [0.2, 0.25) is 0 Å². The third-order valence-corrected chi connectivity index (χ3v) is 5.50. The smallest absolute Gasteiger partial charge is 0.218 e. The summed E-state index contributed by atoms with van der Waals surface area (Å²) in [6.45, 7) is 9.51. The lowest BCUT2D eigenvalue weighted by Gasteiger charge is -2.37. The minimum Gasteiger partial charge on any atom is -0.486 e. The van der Waals surface area contributed by atoms with Crippen molar-refractivity contribution in [1.82, 2.24) is 24.9 Å². The number of anilines is 1. The molecule has 1 N–H and O–H groups in total. The summed E-state index contributed by atoms with van der Waals surface area (Å²) in [4.78, 5) is 11.2. The second kappa shape index (κ2) is 7.16. The molecule has 0 saturated heterocycles. The van der Waals surface area contributed by atoms with Crippen molar-refractivity contribution in [1.29, 1.82) is 0 Å². The number of aromatic nitrogens is 4. The van der Waals surface area contributed by atoms with Gasteiger partial charge in [0.05, 0.1) is 42.8 Å². The van der Waals surface area contributed by atoms with E-state index in [0.29, 0.717) is 54.1 Å². The Kier molecular flexibility index (Phi) is 4.45. The number of hydrogen-bond acceptors (Lipinski definition) is 7. The van der Waals surface area contributed by atoms with E-state index in [-0.39, 0.29) is 12.1 Å². The molecule has 9 heteroatoms. The maximum absolute atomic E-state index is 14.1. The van der Waals surface area contributed by atoms with Crippen LogP contribution >= 0.6 is 0 Å². The molecule has 0 aliphatic carbocycles. The summed E-state index contributed by atoms with van der Waals surface area (Å²) in [5, 5.41) is 7.75. The molecular weight excluding hydrogens is 387 g/mol. The maximum atomic E-state index is 14.1. The van der Waals surface area contributed by atoms with Crippen molar-refractivity contribution in [3.05, 3.63) is 48.2 Å². The van der Waals surface area contributed by atoms with Gasteiger partial charge in [0.2, 0.25) is 5.88 Å². The zero-order chi connectivity index (χ0) is 20.8. The molecule has 2 aliphatic heterocycles. The van der Waals surface area contributed by atoms with Crippen LogP contribution in [-0.4, -0.2) is 44.9 Å². The highest BCUT2D eigenvalue weighted by atomic mass is 19.1. The van der Waals surface area contributed by atoms with E-state index >= 15 is 0 Å². The van der Waals surface area contributed by atoms with Crippen LogP contribution in [0, 0.1) is 5.82 Å². The van der Waals surface area contributed by atoms with Gasteiger partial charge in [-0.15, -0.1) is 0 Å². The Morgan fingerprint density at radius 2 is 2.17 bits per heavy atom. The van der Waals surface area contributed by atoms with Gasteiger partial charge in [-0.05, 0) is 19.4 Å². The molecule has 5 rings (SSSR count). The summed E-state index contributed by atoms with van der Waals surface area (Å²) in [5.74, 6) is 1.35. The van der Waals surface area contributed by atoms with E-state index in [2.05, 4.69) is 33.8 Å². The molecule has 156 valence electrons.